The van der Waals surface area contributed by atoms with Gasteiger partial charge in [-0.15, -0.1) is 0 Å². The molecule has 1 aliphatic heterocycles. The zero-order valence-corrected chi connectivity index (χ0v) is 15.2. The van der Waals surface area contributed by atoms with E-state index < -0.39 is 0 Å². The van der Waals surface area contributed by atoms with Crippen LogP contribution in [-0.4, -0.2) is 45.0 Å². The van der Waals surface area contributed by atoms with Crippen molar-refractivity contribution >= 4 is 5.82 Å². The Morgan fingerprint density at radius 1 is 1.22 bits per heavy atom. The van der Waals surface area contributed by atoms with Crippen LogP contribution in [0.2, 0.25) is 0 Å². The lowest BCUT2D eigenvalue weighted by Crippen LogP contribution is -2.38. The molecule has 3 aromatic heterocycles. The first kappa shape index (κ1) is 17.4. The van der Waals surface area contributed by atoms with Crippen molar-refractivity contribution in [2.75, 3.05) is 25.2 Å². The maximum Gasteiger partial charge on any atom is 0.218 e. The molecule has 0 bridgehead atoms. The minimum Gasteiger partial charge on any atom is -0.481 e. The lowest BCUT2D eigenvalue weighted by atomic mass is 10.1. The van der Waals surface area contributed by atoms with E-state index in [1.807, 2.05) is 36.7 Å². The van der Waals surface area contributed by atoms with E-state index in [9.17, 15) is 0 Å². The highest BCUT2D eigenvalue weighted by Gasteiger charge is 2.26. The largest absolute Gasteiger partial charge is 0.481 e. The smallest absolute Gasteiger partial charge is 0.218 e. The third-order valence-electron chi connectivity index (χ3n) is 4.63. The standard InChI is InChI=1S/C19H22N6O2/c1-26-19-9-18(21-14-22-19)24-11-16-4-7-23-25(16)17(12-24)5-8-27-13-15-3-2-6-20-10-15/h2-4,6-7,9-10,14,17H,5,8,11-13H2,1H3/t17-/m0/s1. The van der Waals surface area contributed by atoms with Gasteiger partial charge < -0.3 is 14.4 Å². The van der Waals surface area contributed by atoms with E-state index in [1.54, 1.807) is 13.3 Å². The van der Waals surface area contributed by atoms with Gasteiger partial charge in [0.1, 0.15) is 12.1 Å². The zero-order chi connectivity index (χ0) is 18.5. The van der Waals surface area contributed by atoms with Gasteiger partial charge in [0.15, 0.2) is 0 Å². The van der Waals surface area contributed by atoms with E-state index in [1.165, 1.54) is 6.33 Å². The quantitative estimate of drug-likeness (QED) is 0.593. The minimum atomic E-state index is 0.221. The summed E-state index contributed by atoms with van der Waals surface area (Å²) in [5.74, 6) is 1.42. The van der Waals surface area contributed by atoms with Crippen LogP contribution in [0.3, 0.4) is 0 Å². The number of aromatic nitrogens is 5. The topological polar surface area (TPSA) is 78.2 Å². The van der Waals surface area contributed by atoms with Gasteiger partial charge in [-0.1, -0.05) is 6.07 Å². The summed E-state index contributed by atoms with van der Waals surface area (Å²) in [6.07, 6.45) is 7.85. The molecule has 0 fully saturated rings. The highest BCUT2D eigenvalue weighted by Crippen LogP contribution is 2.27. The van der Waals surface area contributed by atoms with Crippen molar-refractivity contribution < 1.29 is 9.47 Å². The third kappa shape index (κ3) is 4.06. The molecule has 4 heterocycles. The normalized spacial score (nSPS) is 16.2. The van der Waals surface area contributed by atoms with Gasteiger partial charge in [0.05, 0.1) is 32.0 Å². The summed E-state index contributed by atoms with van der Waals surface area (Å²) in [6, 6.07) is 8.07. The summed E-state index contributed by atoms with van der Waals surface area (Å²) in [5.41, 5.74) is 2.24. The summed E-state index contributed by atoms with van der Waals surface area (Å²) in [4.78, 5) is 14.8. The van der Waals surface area contributed by atoms with Gasteiger partial charge in [-0.05, 0) is 24.1 Å². The highest BCUT2D eigenvalue weighted by molar-refractivity contribution is 5.42. The molecular weight excluding hydrogens is 344 g/mol. The molecule has 0 saturated heterocycles. The Labute approximate surface area is 157 Å². The number of anilines is 1. The Balaban J connectivity index is 1.41. The Morgan fingerprint density at radius 3 is 3.04 bits per heavy atom. The summed E-state index contributed by atoms with van der Waals surface area (Å²) in [7, 11) is 1.61. The first-order valence-corrected chi connectivity index (χ1v) is 8.93. The zero-order valence-electron chi connectivity index (χ0n) is 15.2. The van der Waals surface area contributed by atoms with Crippen molar-refractivity contribution in [3.63, 3.8) is 0 Å². The molecule has 0 amide bonds. The number of hydrogen-bond donors (Lipinski definition) is 0. The number of pyridine rings is 1. The first-order valence-electron chi connectivity index (χ1n) is 8.93. The second kappa shape index (κ2) is 8.13. The molecule has 0 aromatic carbocycles. The van der Waals surface area contributed by atoms with Gasteiger partial charge in [0.2, 0.25) is 5.88 Å². The molecule has 0 aliphatic carbocycles. The summed E-state index contributed by atoms with van der Waals surface area (Å²) >= 11 is 0. The van der Waals surface area contributed by atoms with E-state index in [0.717, 1.165) is 36.6 Å². The van der Waals surface area contributed by atoms with Crippen LogP contribution in [0.5, 0.6) is 5.88 Å². The molecule has 27 heavy (non-hydrogen) atoms. The lowest BCUT2D eigenvalue weighted by molar-refractivity contribution is 0.105. The van der Waals surface area contributed by atoms with Crippen LogP contribution in [0, 0.1) is 0 Å². The van der Waals surface area contributed by atoms with Gasteiger partial charge in [-0.25, -0.2) is 9.97 Å². The molecule has 0 unspecified atom stereocenters. The molecule has 1 aliphatic rings. The fourth-order valence-electron chi connectivity index (χ4n) is 3.28. The first-order chi connectivity index (χ1) is 13.3. The minimum absolute atomic E-state index is 0.221. The molecule has 8 nitrogen and oxygen atoms in total. The maximum absolute atomic E-state index is 5.85. The molecule has 1 atom stereocenters. The fourth-order valence-corrected chi connectivity index (χ4v) is 3.28. The average Bonchev–Trinajstić information content (AvgIpc) is 3.21. The van der Waals surface area contributed by atoms with Crippen LogP contribution in [0.4, 0.5) is 5.82 Å². The fraction of sp³-hybridized carbons (Fsp3) is 0.368. The number of rotatable bonds is 7. The molecule has 8 heteroatoms. The van der Waals surface area contributed by atoms with E-state index in [-0.39, 0.29) is 6.04 Å². The van der Waals surface area contributed by atoms with Crippen molar-refractivity contribution in [2.24, 2.45) is 0 Å². The van der Waals surface area contributed by atoms with E-state index in [0.29, 0.717) is 19.1 Å². The van der Waals surface area contributed by atoms with Crippen molar-refractivity contribution in [1.82, 2.24) is 24.7 Å². The van der Waals surface area contributed by atoms with Crippen molar-refractivity contribution in [3.05, 3.63) is 60.4 Å². The summed E-state index contributed by atoms with van der Waals surface area (Å²) in [5, 5.41) is 4.50. The number of hydrogen-bond acceptors (Lipinski definition) is 7. The summed E-state index contributed by atoms with van der Waals surface area (Å²) < 4.78 is 13.2. The predicted octanol–water partition coefficient (Wildman–Crippen LogP) is 2.24. The van der Waals surface area contributed by atoms with Gasteiger partial charge >= 0.3 is 0 Å². The second-order valence-electron chi connectivity index (χ2n) is 6.42. The van der Waals surface area contributed by atoms with E-state index in [4.69, 9.17) is 9.47 Å². The number of nitrogens with zero attached hydrogens (tertiary/aromatic N) is 6. The average molecular weight is 366 g/mol. The van der Waals surface area contributed by atoms with Crippen LogP contribution in [-0.2, 0) is 17.9 Å². The second-order valence-corrected chi connectivity index (χ2v) is 6.42. The van der Waals surface area contributed by atoms with Crippen LogP contribution in [0.15, 0.2) is 49.2 Å². The molecule has 0 N–H and O–H groups in total. The molecule has 140 valence electrons. The molecule has 0 spiro atoms. The van der Waals surface area contributed by atoms with Gasteiger partial charge in [0.25, 0.3) is 0 Å². The van der Waals surface area contributed by atoms with Gasteiger partial charge in [-0.2, -0.15) is 5.10 Å². The van der Waals surface area contributed by atoms with Crippen LogP contribution < -0.4 is 9.64 Å². The van der Waals surface area contributed by atoms with Crippen molar-refractivity contribution in [3.8, 4) is 5.88 Å². The van der Waals surface area contributed by atoms with Crippen LogP contribution in [0.25, 0.3) is 0 Å². The van der Waals surface area contributed by atoms with E-state index >= 15 is 0 Å². The predicted molar refractivity (Wildman–Crippen MR) is 99.4 cm³/mol. The van der Waals surface area contributed by atoms with Crippen molar-refractivity contribution in [2.45, 2.75) is 25.6 Å². The molecule has 4 rings (SSSR count). The third-order valence-corrected chi connectivity index (χ3v) is 4.63. The number of fused-ring (bicyclic) bond motifs is 1. The Kier molecular flexibility index (Phi) is 5.24. The Hall–Kier alpha value is -3.00. The Morgan fingerprint density at radius 2 is 2.19 bits per heavy atom. The molecule has 0 radical (unpaired) electrons. The summed E-state index contributed by atoms with van der Waals surface area (Å²) in [6.45, 7) is 2.79. The molecular formula is C19H22N6O2. The lowest BCUT2D eigenvalue weighted by Gasteiger charge is -2.34. The van der Waals surface area contributed by atoms with Crippen molar-refractivity contribution in [1.29, 1.82) is 0 Å². The monoisotopic (exact) mass is 366 g/mol. The molecule has 3 aromatic rings. The Bertz CT molecular complexity index is 869. The van der Waals surface area contributed by atoms with Crippen LogP contribution >= 0.6 is 0 Å². The van der Waals surface area contributed by atoms with Gasteiger partial charge in [0, 0.05) is 37.8 Å². The maximum atomic E-state index is 5.85. The van der Waals surface area contributed by atoms with Gasteiger partial charge in [-0.3, -0.25) is 9.67 Å². The highest BCUT2D eigenvalue weighted by atomic mass is 16.5. The molecule has 0 saturated carbocycles. The number of ether oxygens (including phenoxy) is 2. The number of methoxy groups -OCH3 is 1. The SMILES string of the molecule is COc1cc(N2Cc3ccnn3[C@@H](CCOCc3cccnc3)C2)ncn1. The van der Waals surface area contributed by atoms with Crippen LogP contribution in [0.1, 0.15) is 23.7 Å². The van der Waals surface area contributed by atoms with E-state index in [2.05, 4.69) is 29.6 Å².